The number of hydrogen-bond donors (Lipinski definition) is 2. The lowest BCUT2D eigenvalue weighted by Gasteiger charge is -2.12. The minimum Gasteiger partial charge on any atom is -0.508 e. The number of aromatic hydroxyl groups is 1. The fourth-order valence-electron chi connectivity index (χ4n) is 2.82. The molecule has 3 aromatic rings. The minimum absolute atomic E-state index is 0.245. The number of phenols is 1. The molecule has 1 aliphatic rings. The smallest absolute Gasteiger partial charge is 0.168 e. The molecule has 22 heavy (non-hydrogen) atoms. The van der Waals surface area contributed by atoms with Crippen LogP contribution in [0.2, 0.25) is 0 Å². The monoisotopic (exact) mass is 292 g/mol. The van der Waals surface area contributed by atoms with Gasteiger partial charge >= 0.3 is 0 Å². The van der Waals surface area contributed by atoms with Crippen LogP contribution in [0, 0.1) is 0 Å². The van der Waals surface area contributed by atoms with E-state index in [1.54, 1.807) is 12.1 Å². The lowest BCUT2D eigenvalue weighted by Crippen LogP contribution is -2.09. The molecule has 0 radical (unpaired) electrons. The molecule has 2 heterocycles. The molecular formula is C17H16N4O. The van der Waals surface area contributed by atoms with Crippen molar-refractivity contribution in [1.82, 2.24) is 14.8 Å². The summed E-state index contributed by atoms with van der Waals surface area (Å²) >= 11 is 0. The van der Waals surface area contributed by atoms with Crippen molar-refractivity contribution >= 4 is 5.69 Å². The Morgan fingerprint density at radius 3 is 2.68 bits per heavy atom. The lowest BCUT2D eigenvalue weighted by molar-refractivity contribution is 0.475. The topological polar surface area (TPSA) is 63.0 Å². The Balaban J connectivity index is 1.97. The molecule has 0 aliphatic carbocycles. The van der Waals surface area contributed by atoms with Crippen LogP contribution in [0.4, 0.5) is 5.69 Å². The van der Waals surface area contributed by atoms with Gasteiger partial charge in [0.2, 0.25) is 0 Å². The molecular weight excluding hydrogens is 276 g/mol. The summed E-state index contributed by atoms with van der Waals surface area (Å²) in [5, 5.41) is 21.7. The third-order valence-corrected chi connectivity index (χ3v) is 4.00. The molecule has 0 spiro atoms. The molecule has 1 atom stereocenters. The van der Waals surface area contributed by atoms with Crippen LogP contribution in [0.25, 0.3) is 17.1 Å². The molecule has 5 nitrogen and oxygen atoms in total. The molecule has 4 rings (SSSR count). The number of aromatic nitrogens is 3. The molecule has 0 fully saturated rings. The van der Waals surface area contributed by atoms with Gasteiger partial charge in [-0.1, -0.05) is 19.1 Å². The number of nitrogens with zero attached hydrogens (tertiary/aromatic N) is 3. The van der Waals surface area contributed by atoms with Crippen LogP contribution in [0.1, 0.15) is 18.7 Å². The van der Waals surface area contributed by atoms with Gasteiger partial charge in [-0.3, -0.25) is 4.57 Å². The molecule has 1 aliphatic heterocycles. The zero-order chi connectivity index (χ0) is 15.1. The molecule has 0 saturated carbocycles. The van der Waals surface area contributed by atoms with E-state index in [4.69, 9.17) is 0 Å². The maximum absolute atomic E-state index is 9.48. The first-order chi connectivity index (χ1) is 10.7. The summed E-state index contributed by atoms with van der Waals surface area (Å²) in [5.74, 6) is 2.24. The van der Waals surface area contributed by atoms with E-state index in [0.717, 1.165) is 35.1 Å². The number of rotatable bonds is 1. The van der Waals surface area contributed by atoms with Crippen molar-refractivity contribution in [2.45, 2.75) is 12.8 Å². The van der Waals surface area contributed by atoms with Gasteiger partial charge in [0.25, 0.3) is 0 Å². The number of para-hydroxylation sites is 2. The maximum Gasteiger partial charge on any atom is 0.168 e. The third-order valence-electron chi connectivity index (χ3n) is 4.00. The normalized spacial score (nSPS) is 16.3. The summed E-state index contributed by atoms with van der Waals surface area (Å²) in [7, 11) is 0. The SMILES string of the molecule is C[C@H]1CNc2ccccc2-n2c(-c3ccc(O)cc3)nnc21. The summed E-state index contributed by atoms with van der Waals surface area (Å²) in [6.07, 6.45) is 0. The van der Waals surface area contributed by atoms with E-state index in [2.05, 4.69) is 39.1 Å². The number of phenolic OH excluding ortho intramolecular Hbond substituents is 1. The van der Waals surface area contributed by atoms with Gasteiger partial charge in [0.15, 0.2) is 5.82 Å². The average Bonchev–Trinajstić information content (AvgIpc) is 2.93. The van der Waals surface area contributed by atoms with E-state index < -0.39 is 0 Å². The van der Waals surface area contributed by atoms with Crippen molar-refractivity contribution in [2.75, 3.05) is 11.9 Å². The van der Waals surface area contributed by atoms with E-state index in [0.29, 0.717) is 0 Å². The van der Waals surface area contributed by atoms with Crippen molar-refractivity contribution in [2.24, 2.45) is 0 Å². The van der Waals surface area contributed by atoms with E-state index in [1.807, 2.05) is 24.3 Å². The highest BCUT2D eigenvalue weighted by atomic mass is 16.3. The van der Waals surface area contributed by atoms with Crippen molar-refractivity contribution in [3.63, 3.8) is 0 Å². The third kappa shape index (κ3) is 1.94. The van der Waals surface area contributed by atoms with Gasteiger partial charge in [0, 0.05) is 18.0 Å². The van der Waals surface area contributed by atoms with Crippen LogP contribution >= 0.6 is 0 Å². The summed E-state index contributed by atoms with van der Waals surface area (Å²) in [5.41, 5.74) is 3.06. The first-order valence-electron chi connectivity index (χ1n) is 7.32. The average molecular weight is 292 g/mol. The number of nitrogens with one attached hydrogen (secondary N) is 1. The van der Waals surface area contributed by atoms with Crippen LogP contribution in [0.5, 0.6) is 5.75 Å². The van der Waals surface area contributed by atoms with E-state index in [-0.39, 0.29) is 11.7 Å². The van der Waals surface area contributed by atoms with Crippen LogP contribution in [-0.4, -0.2) is 26.4 Å². The molecule has 0 amide bonds. The zero-order valence-corrected chi connectivity index (χ0v) is 12.2. The standard InChI is InChI=1S/C17H16N4O/c1-11-10-18-14-4-2-3-5-15(14)21-16(11)19-20-17(21)12-6-8-13(22)9-7-12/h2-9,11,18,22H,10H2,1H3/t11-/m0/s1. The van der Waals surface area contributed by atoms with E-state index in [1.165, 1.54) is 0 Å². The summed E-state index contributed by atoms with van der Waals surface area (Å²) in [4.78, 5) is 0. The van der Waals surface area contributed by atoms with Gasteiger partial charge in [-0.15, -0.1) is 10.2 Å². The summed E-state index contributed by atoms with van der Waals surface area (Å²) < 4.78 is 2.10. The van der Waals surface area contributed by atoms with E-state index in [9.17, 15) is 5.11 Å². The molecule has 0 unspecified atom stereocenters. The fourth-order valence-corrected chi connectivity index (χ4v) is 2.82. The highest BCUT2D eigenvalue weighted by Gasteiger charge is 2.24. The first kappa shape index (κ1) is 12.9. The van der Waals surface area contributed by atoms with Crippen molar-refractivity contribution < 1.29 is 5.11 Å². The second-order valence-corrected chi connectivity index (χ2v) is 5.56. The Hall–Kier alpha value is -2.82. The zero-order valence-electron chi connectivity index (χ0n) is 12.2. The maximum atomic E-state index is 9.48. The van der Waals surface area contributed by atoms with Crippen LogP contribution in [0.15, 0.2) is 48.5 Å². The second-order valence-electron chi connectivity index (χ2n) is 5.56. The molecule has 5 heteroatoms. The Morgan fingerprint density at radius 1 is 1.09 bits per heavy atom. The predicted octanol–water partition coefficient (Wildman–Crippen LogP) is 3.17. The quantitative estimate of drug-likeness (QED) is 0.723. The summed E-state index contributed by atoms with van der Waals surface area (Å²) in [6.45, 7) is 2.96. The van der Waals surface area contributed by atoms with Gasteiger partial charge in [0.1, 0.15) is 11.6 Å². The van der Waals surface area contributed by atoms with Gasteiger partial charge in [-0.25, -0.2) is 0 Å². The van der Waals surface area contributed by atoms with Crippen LogP contribution in [0.3, 0.4) is 0 Å². The number of hydrogen-bond acceptors (Lipinski definition) is 4. The predicted molar refractivity (Wildman–Crippen MR) is 85.4 cm³/mol. The van der Waals surface area contributed by atoms with Crippen LogP contribution < -0.4 is 5.32 Å². The first-order valence-corrected chi connectivity index (χ1v) is 7.32. The number of benzene rings is 2. The number of anilines is 1. The van der Waals surface area contributed by atoms with E-state index >= 15 is 0 Å². The summed E-state index contributed by atoms with van der Waals surface area (Å²) in [6, 6.07) is 15.2. The van der Waals surface area contributed by atoms with Gasteiger partial charge in [-0.05, 0) is 36.4 Å². The Morgan fingerprint density at radius 2 is 1.86 bits per heavy atom. The van der Waals surface area contributed by atoms with Crippen LogP contribution in [-0.2, 0) is 0 Å². The molecule has 1 aromatic heterocycles. The Labute approximate surface area is 128 Å². The number of fused-ring (bicyclic) bond motifs is 3. The Bertz CT molecular complexity index is 823. The van der Waals surface area contributed by atoms with Gasteiger partial charge in [-0.2, -0.15) is 0 Å². The highest BCUT2D eigenvalue weighted by molar-refractivity contribution is 5.68. The molecule has 0 bridgehead atoms. The molecule has 110 valence electrons. The Kier molecular flexibility index (Phi) is 2.85. The second kappa shape index (κ2) is 4.87. The highest BCUT2D eigenvalue weighted by Crippen LogP contribution is 2.33. The largest absolute Gasteiger partial charge is 0.508 e. The van der Waals surface area contributed by atoms with Gasteiger partial charge < -0.3 is 10.4 Å². The fraction of sp³-hybridized carbons (Fsp3) is 0.176. The minimum atomic E-state index is 0.245. The van der Waals surface area contributed by atoms with Crippen molar-refractivity contribution in [3.8, 4) is 22.8 Å². The van der Waals surface area contributed by atoms with Gasteiger partial charge in [0.05, 0.1) is 11.4 Å². The molecule has 2 aromatic carbocycles. The van der Waals surface area contributed by atoms with Crippen molar-refractivity contribution in [3.05, 3.63) is 54.4 Å². The van der Waals surface area contributed by atoms with Crippen molar-refractivity contribution in [1.29, 1.82) is 0 Å². The molecule has 0 saturated heterocycles. The molecule has 2 N–H and O–H groups in total. The lowest BCUT2D eigenvalue weighted by atomic mass is 10.1.